The number of carbonyl (C=O) groups is 1. The average molecular weight is 482 g/mol. The standard InChI is InChI=1S/C23H20BrN3O2S/c1-2-11-29-20-9-5-16(6-10-20)12-18(14-25)22(28)27-23-26-15-21(30-23)13-17-3-7-19(24)8-4-17/h3-10,12,15H,2,11,13H2,1H3,(H,26,27,28). The maximum Gasteiger partial charge on any atom is 0.268 e. The Hall–Kier alpha value is -2.95. The first kappa shape index (κ1) is 21.8. The summed E-state index contributed by atoms with van der Waals surface area (Å²) in [4.78, 5) is 17.8. The van der Waals surface area contributed by atoms with E-state index >= 15 is 0 Å². The maximum atomic E-state index is 12.5. The summed E-state index contributed by atoms with van der Waals surface area (Å²) in [6.07, 6.45) is 4.96. The SMILES string of the molecule is CCCOc1ccc(C=C(C#N)C(=O)Nc2ncc(Cc3ccc(Br)cc3)s2)cc1. The molecular formula is C23H20BrN3O2S. The molecule has 0 aliphatic rings. The normalized spacial score (nSPS) is 11.0. The number of aromatic nitrogens is 1. The molecule has 1 aromatic heterocycles. The Morgan fingerprint density at radius 2 is 1.97 bits per heavy atom. The van der Waals surface area contributed by atoms with E-state index in [1.807, 2.05) is 61.5 Å². The molecule has 0 saturated heterocycles. The number of nitriles is 1. The van der Waals surface area contributed by atoms with E-state index in [9.17, 15) is 10.1 Å². The van der Waals surface area contributed by atoms with E-state index in [2.05, 4.69) is 26.2 Å². The fourth-order valence-electron chi connectivity index (χ4n) is 2.61. The van der Waals surface area contributed by atoms with Crippen molar-refractivity contribution in [2.75, 3.05) is 11.9 Å². The molecule has 30 heavy (non-hydrogen) atoms. The largest absolute Gasteiger partial charge is 0.494 e. The molecule has 0 fully saturated rings. The molecule has 152 valence electrons. The van der Waals surface area contributed by atoms with E-state index in [4.69, 9.17) is 4.74 Å². The summed E-state index contributed by atoms with van der Waals surface area (Å²) in [6.45, 7) is 2.69. The van der Waals surface area contributed by atoms with Gasteiger partial charge in [-0.3, -0.25) is 10.1 Å². The van der Waals surface area contributed by atoms with E-state index in [-0.39, 0.29) is 5.57 Å². The van der Waals surface area contributed by atoms with Crippen molar-refractivity contribution >= 4 is 44.4 Å². The van der Waals surface area contributed by atoms with Crippen molar-refractivity contribution in [3.63, 3.8) is 0 Å². The van der Waals surface area contributed by atoms with Crippen molar-refractivity contribution in [2.45, 2.75) is 19.8 Å². The number of nitrogens with zero attached hydrogens (tertiary/aromatic N) is 2. The van der Waals surface area contributed by atoms with Crippen molar-refractivity contribution in [3.8, 4) is 11.8 Å². The van der Waals surface area contributed by atoms with Crippen LogP contribution in [0.25, 0.3) is 6.08 Å². The maximum absolute atomic E-state index is 12.5. The van der Waals surface area contributed by atoms with Gasteiger partial charge in [0.2, 0.25) is 0 Å². The molecule has 0 aliphatic heterocycles. The van der Waals surface area contributed by atoms with Crippen LogP contribution >= 0.6 is 27.3 Å². The van der Waals surface area contributed by atoms with Gasteiger partial charge in [-0.05, 0) is 47.9 Å². The second-order valence-electron chi connectivity index (χ2n) is 6.48. The first-order chi connectivity index (χ1) is 14.6. The number of rotatable bonds is 8. The molecule has 0 atom stereocenters. The van der Waals surface area contributed by atoms with E-state index in [0.29, 0.717) is 11.7 Å². The Morgan fingerprint density at radius 1 is 1.23 bits per heavy atom. The van der Waals surface area contributed by atoms with Crippen LogP contribution in [0, 0.1) is 11.3 Å². The molecule has 0 unspecified atom stereocenters. The summed E-state index contributed by atoms with van der Waals surface area (Å²) in [7, 11) is 0. The molecule has 1 heterocycles. The molecule has 0 radical (unpaired) electrons. The summed E-state index contributed by atoms with van der Waals surface area (Å²) < 4.78 is 6.57. The van der Waals surface area contributed by atoms with Crippen molar-refractivity contribution in [3.05, 3.63) is 80.8 Å². The molecule has 5 nitrogen and oxygen atoms in total. The number of amides is 1. The highest BCUT2D eigenvalue weighted by Crippen LogP contribution is 2.23. The Morgan fingerprint density at radius 3 is 2.63 bits per heavy atom. The van der Waals surface area contributed by atoms with Crippen molar-refractivity contribution < 1.29 is 9.53 Å². The highest BCUT2D eigenvalue weighted by Gasteiger charge is 2.12. The van der Waals surface area contributed by atoms with Crippen LogP contribution in [0.1, 0.15) is 29.3 Å². The van der Waals surface area contributed by atoms with Gasteiger partial charge in [-0.1, -0.05) is 47.1 Å². The van der Waals surface area contributed by atoms with E-state index < -0.39 is 5.91 Å². The van der Waals surface area contributed by atoms with E-state index in [1.54, 1.807) is 12.3 Å². The van der Waals surface area contributed by atoms with Gasteiger partial charge in [0.05, 0.1) is 6.61 Å². The van der Waals surface area contributed by atoms with Crippen LogP contribution < -0.4 is 10.1 Å². The molecule has 0 spiro atoms. The Labute approximate surface area is 188 Å². The molecule has 1 amide bonds. The first-order valence-corrected chi connectivity index (χ1v) is 11.0. The minimum absolute atomic E-state index is 0.0156. The number of hydrogen-bond donors (Lipinski definition) is 1. The van der Waals surface area contributed by atoms with Gasteiger partial charge in [-0.2, -0.15) is 5.26 Å². The second kappa shape index (κ2) is 10.7. The van der Waals surface area contributed by atoms with Gasteiger partial charge < -0.3 is 4.74 Å². The van der Waals surface area contributed by atoms with Crippen LogP contribution in [0.15, 0.2) is 64.8 Å². The topological polar surface area (TPSA) is 75.0 Å². The summed E-state index contributed by atoms with van der Waals surface area (Å²) >= 11 is 4.82. The van der Waals surface area contributed by atoms with Crippen molar-refractivity contribution in [2.24, 2.45) is 0 Å². The first-order valence-electron chi connectivity index (χ1n) is 9.42. The smallest absolute Gasteiger partial charge is 0.268 e. The predicted molar refractivity (Wildman–Crippen MR) is 124 cm³/mol. The van der Waals surface area contributed by atoms with Crippen molar-refractivity contribution in [1.82, 2.24) is 4.98 Å². The lowest BCUT2D eigenvalue weighted by Crippen LogP contribution is -2.13. The Bertz CT molecular complexity index is 1070. The number of anilines is 1. The zero-order valence-electron chi connectivity index (χ0n) is 16.4. The van der Waals surface area contributed by atoms with Gasteiger partial charge in [-0.15, -0.1) is 11.3 Å². The van der Waals surface area contributed by atoms with Crippen LogP contribution in [0.4, 0.5) is 5.13 Å². The molecule has 2 aromatic carbocycles. The van der Waals surface area contributed by atoms with Gasteiger partial charge in [0.1, 0.15) is 17.4 Å². The Kier molecular flexibility index (Phi) is 7.77. The predicted octanol–water partition coefficient (Wildman–Crippen LogP) is 5.83. The molecule has 3 rings (SSSR count). The average Bonchev–Trinajstić information content (AvgIpc) is 3.19. The quantitative estimate of drug-likeness (QED) is 0.324. The number of ether oxygens (including phenoxy) is 1. The number of nitrogens with one attached hydrogen (secondary N) is 1. The van der Waals surface area contributed by atoms with E-state index in [1.165, 1.54) is 11.3 Å². The molecule has 0 saturated carbocycles. The fraction of sp³-hybridized carbons (Fsp3) is 0.174. The summed E-state index contributed by atoms with van der Waals surface area (Å²) in [5.74, 6) is 0.284. The summed E-state index contributed by atoms with van der Waals surface area (Å²) in [5.41, 5.74) is 1.92. The fourth-order valence-corrected chi connectivity index (χ4v) is 3.72. The third-order valence-corrected chi connectivity index (χ3v) is 5.54. The van der Waals surface area contributed by atoms with Gasteiger partial charge in [-0.25, -0.2) is 4.98 Å². The lowest BCUT2D eigenvalue weighted by molar-refractivity contribution is -0.112. The van der Waals surface area contributed by atoms with Gasteiger partial charge in [0.15, 0.2) is 5.13 Å². The second-order valence-corrected chi connectivity index (χ2v) is 8.51. The molecule has 3 aromatic rings. The van der Waals surface area contributed by atoms with Crippen LogP contribution in [0.2, 0.25) is 0 Å². The van der Waals surface area contributed by atoms with Gasteiger partial charge in [0, 0.05) is 22.0 Å². The monoisotopic (exact) mass is 481 g/mol. The van der Waals surface area contributed by atoms with Crippen LogP contribution in [0.5, 0.6) is 5.75 Å². The number of hydrogen-bond acceptors (Lipinski definition) is 5. The number of benzene rings is 2. The zero-order chi connectivity index (χ0) is 21.3. The molecule has 1 N–H and O–H groups in total. The molecule has 0 bridgehead atoms. The van der Waals surface area contributed by atoms with E-state index in [0.717, 1.165) is 39.1 Å². The Balaban J connectivity index is 1.63. The molecule has 7 heteroatoms. The van der Waals surface area contributed by atoms with Crippen LogP contribution in [0.3, 0.4) is 0 Å². The summed E-state index contributed by atoms with van der Waals surface area (Å²) in [5, 5.41) is 12.6. The zero-order valence-corrected chi connectivity index (χ0v) is 18.8. The lowest BCUT2D eigenvalue weighted by atomic mass is 10.1. The minimum Gasteiger partial charge on any atom is -0.494 e. The third kappa shape index (κ3) is 6.28. The number of halogens is 1. The molecule has 0 aliphatic carbocycles. The van der Waals surface area contributed by atoms with Crippen LogP contribution in [-0.4, -0.2) is 17.5 Å². The number of thiazole rings is 1. The lowest BCUT2D eigenvalue weighted by Gasteiger charge is -2.04. The number of carbonyl (C=O) groups excluding carboxylic acids is 1. The minimum atomic E-state index is -0.478. The third-order valence-electron chi connectivity index (χ3n) is 4.09. The van der Waals surface area contributed by atoms with Gasteiger partial charge in [0.25, 0.3) is 5.91 Å². The highest BCUT2D eigenvalue weighted by atomic mass is 79.9. The van der Waals surface area contributed by atoms with Gasteiger partial charge >= 0.3 is 0 Å². The summed E-state index contributed by atoms with van der Waals surface area (Å²) in [6, 6.07) is 17.3. The van der Waals surface area contributed by atoms with Crippen LogP contribution in [-0.2, 0) is 11.2 Å². The van der Waals surface area contributed by atoms with Crippen molar-refractivity contribution in [1.29, 1.82) is 5.26 Å². The highest BCUT2D eigenvalue weighted by molar-refractivity contribution is 9.10. The molecular weight excluding hydrogens is 462 g/mol.